The summed E-state index contributed by atoms with van der Waals surface area (Å²) in [7, 11) is 0. The van der Waals surface area contributed by atoms with Crippen molar-refractivity contribution in [1.82, 2.24) is 19.7 Å². The van der Waals surface area contributed by atoms with Gasteiger partial charge in [-0.15, -0.1) is 0 Å². The summed E-state index contributed by atoms with van der Waals surface area (Å²) in [5, 5.41) is 7.27. The smallest absolute Gasteiger partial charge is 0.350 e. The first-order valence-corrected chi connectivity index (χ1v) is 10.1. The molecule has 3 aromatic rings. The lowest BCUT2D eigenvalue weighted by Gasteiger charge is -2.12. The molecule has 1 fully saturated rings. The summed E-state index contributed by atoms with van der Waals surface area (Å²) in [5.74, 6) is -0.136. The molecule has 0 atom stereocenters. The van der Waals surface area contributed by atoms with Crippen LogP contribution in [0.3, 0.4) is 0 Å². The van der Waals surface area contributed by atoms with E-state index in [1.807, 2.05) is 31.2 Å². The molecule has 154 valence electrons. The van der Waals surface area contributed by atoms with E-state index in [9.17, 15) is 14.4 Å². The van der Waals surface area contributed by atoms with E-state index in [-0.39, 0.29) is 12.2 Å². The third-order valence-electron chi connectivity index (χ3n) is 5.04. The lowest BCUT2D eigenvalue weighted by Crippen LogP contribution is -2.46. The van der Waals surface area contributed by atoms with Crippen LogP contribution in [0.25, 0.3) is 5.69 Å². The van der Waals surface area contributed by atoms with Crippen molar-refractivity contribution in [1.29, 1.82) is 0 Å². The van der Waals surface area contributed by atoms with Gasteiger partial charge in [0, 0.05) is 11.6 Å². The Hall–Kier alpha value is -3.19. The lowest BCUT2D eigenvalue weighted by molar-refractivity contribution is 0.0942. The van der Waals surface area contributed by atoms with Gasteiger partial charge < -0.3 is 5.32 Å². The Labute approximate surface area is 177 Å². The fourth-order valence-corrected chi connectivity index (χ4v) is 3.28. The normalized spacial score (nSPS) is 13.3. The van der Waals surface area contributed by atoms with Crippen LogP contribution in [-0.4, -0.2) is 26.8 Å². The molecule has 0 aliphatic heterocycles. The zero-order valence-corrected chi connectivity index (χ0v) is 17.2. The van der Waals surface area contributed by atoms with Crippen LogP contribution in [0.5, 0.6) is 0 Å². The number of amides is 1. The van der Waals surface area contributed by atoms with Crippen molar-refractivity contribution in [3.05, 3.63) is 91.2 Å². The van der Waals surface area contributed by atoms with E-state index in [2.05, 4.69) is 10.4 Å². The highest BCUT2D eigenvalue weighted by Gasteiger charge is 2.25. The summed E-state index contributed by atoms with van der Waals surface area (Å²) < 4.78 is 2.08. The minimum Gasteiger partial charge on any atom is -0.350 e. The Kier molecular flexibility index (Phi) is 5.55. The monoisotopic (exact) mass is 424 g/mol. The van der Waals surface area contributed by atoms with Crippen LogP contribution in [0.4, 0.5) is 0 Å². The Morgan fingerprint density at radius 2 is 1.90 bits per heavy atom. The van der Waals surface area contributed by atoms with E-state index in [0.717, 1.165) is 33.2 Å². The van der Waals surface area contributed by atoms with Crippen LogP contribution in [0.2, 0.25) is 5.02 Å². The number of hydrogen-bond acceptors (Lipinski definition) is 4. The maximum Gasteiger partial charge on any atom is 0.352 e. The van der Waals surface area contributed by atoms with E-state index in [1.165, 1.54) is 0 Å². The van der Waals surface area contributed by atoms with Crippen molar-refractivity contribution >= 4 is 17.5 Å². The number of nitrogens with zero attached hydrogens (tertiary/aromatic N) is 3. The topological polar surface area (TPSA) is 86.0 Å². The quantitative estimate of drug-likeness (QED) is 0.658. The molecular weight excluding hydrogens is 404 g/mol. The second-order valence-corrected chi connectivity index (χ2v) is 7.99. The van der Waals surface area contributed by atoms with Gasteiger partial charge in [-0.1, -0.05) is 47.5 Å². The SMILES string of the molecule is Cc1ccc(Cn2c(=O)c(C(=O)NCC3CC3)nn(-c3cccc(Cl)c3)c2=O)cc1. The van der Waals surface area contributed by atoms with Crippen molar-refractivity contribution in [2.75, 3.05) is 6.54 Å². The summed E-state index contributed by atoms with van der Waals surface area (Å²) >= 11 is 6.07. The van der Waals surface area contributed by atoms with Gasteiger partial charge in [0.2, 0.25) is 5.69 Å². The van der Waals surface area contributed by atoms with E-state index < -0.39 is 17.2 Å². The average Bonchev–Trinajstić information content (AvgIpc) is 3.55. The molecule has 1 saturated carbocycles. The predicted octanol–water partition coefficient (Wildman–Crippen LogP) is 2.54. The molecule has 0 saturated heterocycles. The molecule has 1 aliphatic carbocycles. The number of aryl methyl sites for hydroxylation is 1. The Morgan fingerprint density at radius 3 is 2.57 bits per heavy atom. The van der Waals surface area contributed by atoms with Gasteiger partial charge in [-0.25, -0.2) is 4.79 Å². The molecule has 30 heavy (non-hydrogen) atoms. The minimum absolute atomic E-state index is 0.0317. The first-order valence-electron chi connectivity index (χ1n) is 9.76. The van der Waals surface area contributed by atoms with Gasteiger partial charge in [-0.05, 0) is 49.4 Å². The van der Waals surface area contributed by atoms with E-state index in [0.29, 0.717) is 23.2 Å². The first-order chi connectivity index (χ1) is 14.4. The predicted molar refractivity (Wildman–Crippen MR) is 114 cm³/mol. The third kappa shape index (κ3) is 4.36. The summed E-state index contributed by atoms with van der Waals surface area (Å²) in [4.78, 5) is 38.8. The maximum absolute atomic E-state index is 13.1. The molecule has 2 aromatic carbocycles. The molecule has 7 nitrogen and oxygen atoms in total. The van der Waals surface area contributed by atoms with Gasteiger partial charge in [0.25, 0.3) is 11.5 Å². The maximum atomic E-state index is 13.1. The summed E-state index contributed by atoms with van der Waals surface area (Å²) in [5.41, 5.74) is 0.544. The molecule has 0 unspecified atom stereocenters. The summed E-state index contributed by atoms with van der Waals surface area (Å²) in [6.45, 7) is 2.48. The highest BCUT2D eigenvalue weighted by Crippen LogP contribution is 2.27. The molecule has 1 heterocycles. The van der Waals surface area contributed by atoms with Gasteiger partial charge in [-0.2, -0.15) is 9.78 Å². The zero-order valence-electron chi connectivity index (χ0n) is 16.5. The van der Waals surface area contributed by atoms with E-state index >= 15 is 0 Å². The van der Waals surface area contributed by atoms with E-state index in [1.54, 1.807) is 24.3 Å². The Balaban J connectivity index is 1.81. The van der Waals surface area contributed by atoms with Crippen LogP contribution >= 0.6 is 11.6 Å². The molecule has 1 N–H and O–H groups in total. The molecule has 0 radical (unpaired) electrons. The van der Waals surface area contributed by atoms with E-state index in [4.69, 9.17) is 11.6 Å². The average molecular weight is 425 g/mol. The third-order valence-corrected chi connectivity index (χ3v) is 5.27. The molecule has 1 amide bonds. The molecule has 1 aliphatic rings. The number of halogens is 1. The fourth-order valence-electron chi connectivity index (χ4n) is 3.09. The minimum atomic E-state index is -0.716. The highest BCUT2D eigenvalue weighted by atomic mass is 35.5. The van der Waals surface area contributed by atoms with Gasteiger partial charge in [0.1, 0.15) is 0 Å². The standard InChI is InChI=1S/C22H21ClN4O3/c1-14-5-7-16(8-6-14)13-26-21(29)19(20(28)24-12-15-9-10-15)25-27(22(26)30)18-4-2-3-17(23)11-18/h2-8,11,15H,9-10,12-13H2,1H3,(H,24,28). The van der Waals surface area contributed by atoms with Gasteiger partial charge in [0.15, 0.2) is 0 Å². The van der Waals surface area contributed by atoms with Crippen LogP contribution < -0.4 is 16.6 Å². The van der Waals surface area contributed by atoms with Crippen molar-refractivity contribution in [2.45, 2.75) is 26.3 Å². The second-order valence-electron chi connectivity index (χ2n) is 7.55. The van der Waals surface area contributed by atoms with Crippen LogP contribution in [0.15, 0.2) is 58.1 Å². The zero-order chi connectivity index (χ0) is 21.3. The lowest BCUT2D eigenvalue weighted by atomic mass is 10.1. The largest absolute Gasteiger partial charge is 0.352 e. The molecule has 4 rings (SSSR count). The van der Waals surface area contributed by atoms with Crippen LogP contribution in [-0.2, 0) is 6.54 Å². The Morgan fingerprint density at radius 1 is 1.17 bits per heavy atom. The molecular formula is C22H21ClN4O3. The molecule has 1 aromatic heterocycles. The molecule has 0 spiro atoms. The number of carbonyl (C=O) groups excluding carboxylic acids is 1. The Bertz CT molecular complexity index is 1210. The van der Waals surface area contributed by atoms with Crippen molar-refractivity contribution in [3.63, 3.8) is 0 Å². The fraction of sp³-hybridized carbons (Fsp3) is 0.273. The highest BCUT2D eigenvalue weighted by molar-refractivity contribution is 6.30. The van der Waals surface area contributed by atoms with Crippen LogP contribution in [0.1, 0.15) is 34.5 Å². The summed E-state index contributed by atoms with van der Waals surface area (Å²) in [6, 6.07) is 14.0. The van der Waals surface area contributed by atoms with Crippen LogP contribution in [0, 0.1) is 12.8 Å². The number of carbonyl (C=O) groups is 1. The van der Waals surface area contributed by atoms with Crippen molar-refractivity contribution < 1.29 is 4.79 Å². The molecule has 0 bridgehead atoms. The van der Waals surface area contributed by atoms with Gasteiger partial charge in [0.05, 0.1) is 12.2 Å². The number of aromatic nitrogens is 3. The molecule has 8 heteroatoms. The van der Waals surface area contributed by atoms with Gasteiger partial charge in [-0.3, -0.25) is 14.2 Å². The second kappa shape index (κ2) is 8.28. The number of nitrogens with one attached hydrogen (secondary N) is 1. The summed E-state index contributed by atoms with van der Waals surface area (Å²) in [6.07, 6.45) is 2.13. The number of rotatable bonds is 6. The number of benzene rings is 2. The van der Waals surface area contributed by atoms with Crippen molar-refractivity contribution in [2.24, 2.45) is 5.92 Å². The number of hydrogen-bond donors (Lipinski definition) is 1. The first kappa shape index (κ1) is 20.1. The van der Waals surface area contributed by atoms with Crippen molar-refractivity contribution in [3.8, 4) is 5.69 Å². The van der Waals surface area contributed by atoms with Gasteiger partial charge >= 0.3 is 5.69 Å².